The van der Waals surface area contributed by atoms with Gasteiger partial charge in [-0.1, -0.05) is 6.07 Å². The number of nitrogens with two attached hydrogens (primary N) is 1. The monoisotopic (exact) mass is 437 g/mol. The lowest BCUT2D eigenvalue weighted by molar-refractivity contribution is -0.150. The van der Waals surface area contributed by atoms with E-state index < -0.39 is 24.0 Å². The van der Waals surface area contributed by atoms with Crippen LogP contribution in [0.5, 0.6) is 0 Å². The van der Waals surface area contributed by atoms with Gasteiger partial charge in [-0.2, -0.15) is 0 Å². The molecule has 3 amide bonds. The van der Waals surface area contributed by atoms with Gasteiger partial charge in [0.15, 0.2) is 12.2 Å². The van der Waals surface area contributed by atoms with Gasteiger partial charge in [-0.3, -0.25) is 19.8 Å². The number of amidine groups is 1. The number of anilines is 2. The molecule has 0 saturated carbocycles. The summed E-state index contributed by atoms with van der Waals surface area (Å²) < 4.78 is 5.44. The summed E-state index contributed by atoms with van der Waals surface area (Å²) in [5.41, 5.74) is 8.73. The van der Waals surface area contributed by atoms with Gasteiger partial charge in [-0.15, -0.1) is 0 Å². The molecule has 0 aromatic heterocycles. The van der Waals surface area contributed by atoms with Crippen LogP contribution in [0.4, 0.5) is 11.4 Å². The highest BCUT2D eigenvalue weighted by molar-refractivity contribution is 6.04. The lowest BCUT2D eigenvalue weighted by Crippen LogP contribution is -2.55. The molecule has 1 fully saturated rings. The van der Waals surface area contributed by atoms with Crippen LogP contribution in [-0.4, -0.2) is 54.0 Å². The fourth-order valence-electron chi connectivity index (χ4n) is 3.72. The van der Waals surface area contributed by atoms with Gasteiger partial charge in [0.05, 0.1) is 13.0 Å². The van der Waals surface area contributed by atoms with Gasteiger partial charge in [0, 0.05) is 30.0 Å². The summed E-state index contributed by atoms with van der Waals surface area (Å²) in [5.74, 6) is -1.45. The highest BCUT2D eigenvalue weighted by atomic mass is 16.5. The van der Waals surface area contributed by atoms with E-state index in [0.717, 1.165) is 11.1 Å². The van der Waals surface area contributed by atoms with E-state index in [1.54, 1.807) is 30.3 Å². The normalized spacial score (nSPS) is 19.0. The summed E-state index contributed by atoms with van der Waals surface area (Å²) in [4.78, 5) is 38.6. The van der Waals surface area contributed by atoms with Crippen molar-refractivity contribution in [3.8, 4) is 0 Å². The first-order valence-corrected chi connectivity index (χ1v) is 10.1. The molecular weight excluding hydrogens is 414 g/mol. The predicted octanol–water partition coefficient (Wildman–Crippen LogP) is -0.126. The van der Waals surface area contributed by atoms with Crippen LogP contribution in [0.25, 0.3) is 0 Å². The molecule has 2 aromatic carbocycles. The first-order chi connectivity index (χ1) is 15.3. The summed E-state index contributed by atoms with van der Waals surface area (Å²) >= 11 is 0. The van der Waals surface area contributed by atoms with E-state index in [-0.39, 0.29) is 24.9 Å². The number of carbonyl (C=O) groups excluding carboxylic acids is 3. The molecule has 2 atom stereocenters. The molecule has 1 saturated heterocycles. The second-order valence-electron chi connectivity index (χ2n) is 7.61. The molecule has 2 heterocycles. The van der Waals surface area contributed by atoms with E-state index in [9.17, 15) is 19.5 Å². The second-order valence-corrected chi connectivity index (χ2v) is 7.61. The van der Waals surface area contributed by atoms with Crippen molar-refractivity contribution >= 4 is 34.9 Å². The first-order valence-electron chi connectivity index (χ1n) is 10.1. The van der Waals surface area contributed by atoms with Gasteiger partial charge in [0.25, 0.3) is 11.8 Å². The minimum Gasteiger partial charge on any atom is -0.384 e. The van der Waals surface area contributed by atoms with Crippen molar-refractivity contribution in [3.05, 3.63) is 59.2 Å². The lowest BCUT2D eigenvalue weighted by Gasteiger charge is -2.34. The summed E-state index contributed by atoms with van der Waals surface area (Å²) in [6.07, 6.45) is -2.77. The minimum absolute atomic E-state index is 0.0437. The smallest absolute Gasteiger partial charge is 0.259 e. The van der Waals surface area contributed by atoms with Crippen LogP contribution in [-0.2, 0) is 32.1 Å². The zero-order chi connectivity index (χ0) is 22.8. The third kappa shape index (κ3) is 4.32. The lowest BCUT2D eigenvalue weighted by atomic mass is 9.99. The number of aliphatic hydroxyl groups is 1. The Labute approximate surface area is 183 Å². The van der Waals surface area contributed by atoms with E-state index in [2.05, 4.69) is 10.6 Å². The number of carbonyl (C=O) groups is 3. The molecular formula is C22H23N5O5. The van der Waals surface area contributed by atoms with Crippen LogP contribution in [0.15, 0.2) is 42.5 Å². The zero-order valence-corrected chi connectivity index (χ0v) is 17.1. The molecule has 2 aromatic rings. The van der Waals surface area contributed by atoms with Crippen LogP contribution in [0.3, 0.4) is 0 Å². The van der Waals surface area contributed by atoms with Crippen molar-refractivity contribution in [2.24, 2.45) is 5.73 Å². The Hall–Kier alpha value is -3.76. The highest BCUT2D eigenvalue weighted by Crippen LogP contribution is 2.25. The van der Waals surface area contributed by atoms with Gasteiger partial charge in [-0.05, 0) is 47.5 Å². The largest absolute Gasteiger partial charge is 0.384 e. The number of fused-ring (bicyclic) bond motifs is 1. The average molecular weight is 437 g/mol. The van der Waals surface area contributed by atoms with E-state index in [4.69, 9.17) is 15.9 Å². The number of amides is 3. The van der Waals surface area contributed by atoms with Gasteiger partial charge >= 0.3 is 0 Å². The van der Waals surface area contributed by atoms with Gasteiger partial charge in [0.1, 0.15) is 5.84 Å². The van der Waals surface area contributed by atoms with Crippen LogP contribution >= 0.6 is 0 Å². The summed E-state index contributed by atoms with van der Waals surface area (Å²) in [6.45, 7) is 0.820. The molecule has 4 rings (SSSR count). The molecule has 10 nitrogen and oxygen atoms in total. The number of nitrogens with zero attached hydrogens (tertiary/aromatic N) is 1. The molecule has 0 spiro atoms. The molecule has 0 unspecified atom stereocenters. The molecule has 10 heteroatoms. The first kappa shape index (κ1) is 21.5. The molecule has 6 N–H and O–H groups in total. The molecule has 2 aliphatic heterocycles. The highest BCUT2D eigenvalue weighted by Gasteiger charge is 2.39. The van der Waals surface area contributed by atoms with Crippen molar-refractivity contribution in [2.75, 3.05) is 23.4 Å². The third-order valence-corrected chi connectivity index (χ3v) is 5.47. The standard InChI is InChI=1S/C22H23N5O5/c23-20(24)12-1-4-15(5-2-12)26-21(30)18(29)19-22(31)27(7-8-32-19)16-6-3-13-10-17(28)25-11-14(13)9-16/h1-6,9,18-19,29H,7-8,10-11H2,(H3,23,24)(H,25,28)(H,26,30)/t18-,19-/m1/s1. The Kier molecular flexibility index (Phi) is 5.89. The quantitative estimate of drug-likeness (QED) is 0.324. The Balaban J connectivity index is 1.46. The van der Waals surface area contributed by atoms with Crippen molar-refractivity contribution in [2.45, 2.75) is 25.2 Å². The van der Waals surface area contributed by atoms with Crippen LogP contribution in [0, 0.1) is 5.41 Å². The fourth-order valence-corrected chi connectivity index (χ4v) is 3.72. The number of ether oxygens (including phenoxy) is 1. The predicted molar refractivity (Wildman–Crippen MR) is 116 cm³/mol. The SMILES string of the molecule is N=C(N)c1ccc(NC(=O)[C@H](O)[C@H]2OCCN(c3ccc4c(c3)CNC(=O)C4)C2=O)cc1. The zero-order valence-electron chi connectivity index (χ0n) is 17.1. The number of nitrogens with one attached hydrogen (secondary N) is 3. The summed E-state index contributed by atoms with van der Waals surface area (Å²) in [5, 5.41) is 23.2. The number of nitrogen functional groups attached to an aromatic ring is 1. The Bertz CT molecular complexity index is 1080. The fraction of sp³-hybridized carbons (Fsp3) is 0.273. The summed E-state index contributed by atoms with van der Waals surface area (Å²) in [6, 6.07) is 11.6. The van der Waals surface area contributed by atoms with Crippen molar-refractivity contribution in [3.63, 3.8) is 0 Å². The number of hydrogen-bond donors (Lipinski definition) is 5. The number of aliphatic hydroxyl groups excluding tert-OH is 1. The number of rotatable bonds is 5. The summed E-state index contributed by atoms with van der Waals surface area (Å²) in [7, 11) is 0. The number of morpholine rings is 1. The van der Waals surface area contributed by atoms with E-state index in [1.807, 2.05) is 12.1 Å². The van der Waals surface area contributed by atoms with E-state index in [1.165, 1.54) is 4.90 Å². The molecule has 0 radical (unpaired) electrons. The average Bonchev–Trinajstić information content (AvgIpc) is 2.79. The Morgan fingerprint density at radius 3 is 2.69 bits per heavy atom. The van der Waals surface area contributed by atoms with Gasteiger partial charge in [-0.25, -0.2) is 0 Å². The van der Waals surface area contributed by atoms with Crippen molar-refractivity contribution < 1.29 is 24.2 Å². The molecule has 32 heavy (non-hydrogen) atoms. The maximum Gasteiger partial charge on any atom is 0.259 e. The maximum absolute atomic E-state index is 13.0. The third-order valence-electron chi connectivity index (χ3n) is 5.47. The molecule has 2 aliphatic rings. The van der Waals surface area contributed by atoms with E-state index in [0.29, 0.717) is 29.9 Å². The minimum atomic E-state index is -1.71. The number of hydrogen-bond acceptors (Lipinski definition) is 6. The van der Waals surface area contributed by atoms with Crippen molar-refractivity contribution in [1.82, 2.24) is 5.32 Å². The Morgan fingerprint density at radius 1 is 1.22 bits per heavy atom. The van der Waals surface area contributed by atoms with Crippen LogP contribution < -0.4 is 21.3 Å². The van der Waals surface area contributed by atoms with Gasteiger partial charge < -0.3 is 31.1 Å². The molecule has 166 valence electrons. The topological polar surface area (TPSA) is 158 Å². The van der Waals surface area contributed by atoms with Crippen LogP contribution in [0.2, 0.25) is 0 Å². The Morgan fingerprint density at radius 2 is 1.97 bits per heavy atom. The second kappa shape index (κ2) is 8.77. The van der Waals surface area contributed by atoms with E-state index >= 15 is 0 Å². The van der Waals surface area contributed by atoms with Gasteiger partial charge in [0.2, 0.25) is 5.91 Å². The maximum atomic E-state index is 13.0. The van der Waals surface area contributed by atoms with Crippen molar-refractivity contribution in [1.29, 1.82) is 5.41 Å². The van der Waals surface area contributed by atoms with Crippen LogP contribution in [0.1, 0.15) is 16.7 Å². The number of benzene rings is 2. The molecule has 0 aliphatic carbocycles. The molecule has 0 bridgehead atoms.